The van der Waals surface area contributed by atoms with Crippen LogP contribution in [-0.2, 0) is 14.3 Å². The van der Waals surface area contributed by atoms with Gasteiger partial charge >= 0.3 is 5.97 Å². The van der Waals surface area contributed by atoms with E-state index < -0.39 is 0 Å². The molecule has 1 rings (SSSR count). The third-order valence-electron chi connectivity index (χ3n) is 3.97. The lowest BCUT2D eigenvalue weighted by Crippen LogP contribution is -2.09. The van der Waals surface area contributed by atoms with Crippen LogP contribution in [0.15, 0.2) is 0 Å². The number of esters is 1. The number of hydrogen-bond acceptors (Lipinski definition) is 3. The van der Waals surface area contributed by atoms with E-state index in [1.54, 1.807) is 0 Å². The molecule has 2 atom stereocenters. The smallest absolute Gasteiger partial charge is 0.308 e. The molecule has 118 valence electrons. The van der Waals surface area contributed by atoms with Crippen molar-refractivity contribution in [2.45, 2.75) is 96.7 Å². The Morgan fingerprint density at radius 2 is 1.45 bits per heavy atom. The molecule has 20 heavy (non-hydrogen) atoms. The molecule has 0 aliphatic carbocycles. The second kappa shape index (κ2) is 11.1. The fourth-order valence-electron chi connectivity index (χ4n) is 2.44. The maximum Gasteiger partial charge on any atom is 0.308 e. The van der Waals surface area contributed by atoms with E-state index in [0.717, 1.165) is 6.42 Å². The SMILES string of the molecule is CCCCCCCCCCCCOC(=O)CC1OC1C. The molecule has 1 aliphatic rings. The summed E-state index contributed by atoms with van der Waals surface area (Å²) < 4.78 is 10.4. The van der Waals surface area contributed by atoms with Gasteiger partial charge in [0.05, 0.1) is 25.2 Å². The number of epoxide rings is 1. The van der Waals surface area contributed by atoms with E-state index in [1.165, 1.54) is 57.8 Å². The topological polar surface area (TPSA) is 38.8 Å². The zero-order valence-electron chi connectivity index (χ0n) is 13.4. The van der Waals surface area contributed by atoms with Gasteiger partial charge in [-0.2, -0.15) is 0 Å². The van der Waals surface area contributed by atoms with E-state index in [9.17, 15) is 4.79 Å². The van der Waals surface area contributed by atoms with Crippen LogP contribution in [0.4, 0.5) is 0 Å². The Morgan fingerprint density at radius 3 is 1.95 bits per heavy atom. The van der Waals surface area contributed by atoms with Gasteiger partial charge in [0.15, 0.2) is 0 Å². The van der Waals surface area contributed by atoms with Crippen molar-refractivity contribution in [1.82, 2.24) is 0 Å². The summed E-state index contributed by atoms with van der Waals surface area (Å²) in [5.41, 5.74) is 0. The van der Waals surface area contributed by atoms with Crippen molar-refractivity contribution < 1.29 is 14.3 Å². The summed E-state index contributed by atoms with van der Waals surface area (Å²) in [5, 5.41) is 0. The molecular weight excluding hydrogens is 252 g/mol. The maximum atomic E-state index is 11.4. The molecule has 0 N–H and O–H groups in total. The van der Waals surface area contributed by atoms with Gasteiger partial charge in [-0.1, -0.05) is 64.7 Å². The molecule has 2 unspecified atom stereocenters. The fourth-order valence-corrected chi connectivity index (χ4v) is 2.44. The van der Waals surface area contributed by atoms with Crippen LogP contribution in [-0.4, -0.2) is 24.8 Å². The van der Waals surface area contributed by atoms with Crippen LogP contribution in [0.5, 0.6) is 0 Å². The molecule has 0 bridgehead atoms. The van der Waals surface area contributed by atoms with E-state index in [4.69, 9.17) is 9.47 Å². The molecule has 0 saturated carbocycles. The fraction of sp³-hybridized carbons (Fsp3) is 0.941. The van der Waals surface area contributed by atoms with Gasteiger partial charge in [0.1, 0.15) is 0 Å². The van der Waals surface area contributed by atoms with Crippen LogP contribution in [0, 0.1) is 0 Å². The number of ether oxygens (including phenoxy) is 2. The molecule has 3 nitrogen and oxygen atoms in total. The minimum Gasteiger partial charge on any atom is -0.466 e. The zero-order chi connectivity index (χ0) is 14.6. The third-order valence-corrected chi connectivity index (χ3v) is 3.97. The first-order valence-corrected chi connectivity index (χ1v) is 8.55. The summed E-state index contributed by atoms with van der Waals surface area (Å²) in [6, 6.07) is 0. The van der Waals surface area contributed by atoms with Crippen molar-refractivity contribution >= 4 is 5.97 Å². The van der Waals surface area contributed by atoms with E-state index in [0.29, 0.717) is 13.0 Å². The highest BCUT2D eigenvalue weighted by atomic mass is 16.6. The average molecular weight is 284 g/mol. The number of rotatable bonds is 13. The molecule has 3 heteroatoms. The molecule has 0 aromatic heterocycles. The molecule has 1 saturated heterocycles. The zero-order valence-corrected chi connectivity index (χ0v) is 13.4. The van der Waals surface area contributed by atoms with Crippen molar-refractivity contribution in [2.24, 2.45) is 0 Å². The second-order valence-corrected chi connectivity index (χ2v) is 5.99. The second-order valence-electron chi connectivity index (χ2n) is 5.99. The van der Waals surface area contributed by atoms with E-state index in [1.807, 2.05) is 6.92 Å². The van der Waals surface area contributed by atoms with Gasteiger partial charge in [-0.25, -0.2) is 0 Å². The lowest BCUT2D eigenvalue weighted by molar-refractivity contribution is -0.144. The summed E-state index contributed by atoms with van der Waals surface area (Å²) in [4.78, 5) is 11.4. The van der Waals surface area contributed by atoms with Gasteiger partial charge in [0.2, 0.25) is 0 Å². The van der Waals surface area contributed by atoms with Crippen molar-refractivity contribution in [3.8, 4) is 0 Å². The Morgan fingerprint density at radius 1 is 0.950 bits per heavy atom. The van der Waals surface area contributed by atoms with Crippen LogP contribution in [0.25, 0.3) is 0 Å². The highest BCUT2D eigenvalue weighted by Gasteiger charge is 2.36. The van der Waals surface area contributed by atoms with Crippen molar-refractivity contribution in [3.63, 3.8) is 0 Å². The molecule has 0 amide bonds. The van der Waals surface area contributed by atoms with E-state index in [-0.39, 0.29) is 18.2 Å². The number of unbranched alkanes of at least 4 members (excludes halogenated alkanes) is 9. The molecule has 0 radical (unpaired) electrons. The Hall–Kier alpha value is -0.570. The number of carbonyl (C=O) groups excluding carboxylic acids is 1. The van der Waals surface area contributed by atoms with Gasteiger partial charge in [-0.3, -0.25) is 4.79 Å². The normalized spacial score (nSPS) is 20.9. The third kappa shape index (κ3) is 9.35. The van der Waals surface area contributed by atoms with Gasteiger partial charge < -0.3 is 9.47 Å². The highest BCUT2D eigenvalue weighted by molar-refractivity contribution is 5.70. The van der Waals surface area contributed by atoms with Crippen molar-refractivity contribution in [3.05, 3.63) is 0 Å². The van der Waals surface area contributed by atoms with Gasteiger partial charge in [0.25, 0.3) is 0 Å². The Balaban J connectivity index is 1.73. The van der Waals surface area contributed by atoms with Crippen LogP contribution in [0.3, 0.4) is 0 Å². The summed E-state index contributed by atoms with van der Waals surface area (Å²) in [6.45, 7) is 4.82. The van der Waals surface area contributed by atoms with E-state index >= 15 is 0 Å². The molecule has 1 aliphatic heterocycles. The lowest BCUT2D eigenvalue weighted by atomic mass is 10.1. The molecule has 1 fully saturated rings. The van der Waals surface area contributed by atoms with Gasteiger partial charge in [-0.05, 0) is 13.3 Å². The largest absolute Gasteiger partial charge is 0.466 e. The molecule has 0 aromatic rings. The number of hydrogen-bond donors (Lipinski definition) is 0. The van der Waals surface area contributed by atoms with Gasteiger partial charge in [0, 0.05) is 0 Å². The first-order chi connectivity index (χ1) is 9.74. The average Bonchev–Trinajstić information content (AvgIpc) is 3.11. The van der Waals surface area contributed by atoms with Crippen molar-refractivity contribution in [2.75, 3.05) is 6.61 Å². The minimum absolute atomic E-state index is 0.102. The molecule has 0 aromatic carbocycles. The molecule has 0 spiro atoms. The Kier molecular flexibility index (Phi) is 9.73. The van der Waals surface area contributed by atoms with Crippen molar-refractivity contribution in [1.29, 1.82) is 0 Å². The molecular formula is C17H32O3. The maximum absolute atomic E-state index is 11.4. The lowest BCUT2D eigenvalue weighted by Gasteiger charge is -2.04. The van der Waals surface area contributed by atoms with Gasteiger partial charge in [-0.15, -0.1) is 0 Å². The van der Waals surface area contributed by atoms with Crippen LogP contribution < -0.4 is 0 Å². The van der Waals surface area contributed by atoms with Crippen LogP contribution in [0.1, 0.15) is 84.5 Å². The monoisotopic (exact) mass is 284 g/mol. The highest BCUT2D eigenvalue weighted by Crippen LogP contribution is 2.24. The van der Waals surface area contributed by atoms with Crippen LogP contribution >= 0.6 is 0 Å². The van der Waals surface area contributed by atoms with E-state index in [2.05, 4.69) is 6.92 Å². The standard InChI is InChI=1S/C17H32O3/c1-3-4-5-6-7-8-9-10-11-12-13-19-17(18)14-16-15(2)20-16/h15-16H,3-14H2,1-2H3. The molecule has 1 heterocycles. The summed E-state index contributed by atoms with van der Waals surface area (Å²) >= 11 is 0. The predicted octanol–water partition coefficient (Wildman–Crippen LogP) is 4.63. The first-order valence-electron chi connectivity index (χ1n) is 8.55. The summed E-state index contributed by atoms with van der Waals surface area (Å²) in [5.74, 6) is -0.102. The predicted molar refractivity (Wildman–Crippen MR) is 81.8 cm³/mol. The Labute approximate surface area is 124 Å². The quantitative estimate of drug-likeness (QED) is 0.281. The summed E-state index contributed by atoms with van der Waals surface area (Å²) in [7, 11) is 0. The minimum atomic E-state index is -0.102. The Bertz CT molecular complexity index is 253. The summed E-state index contributed by atoms with van der Waals surface area (Å²) in [6.07, 6.45) is 13.8. The van der Waals surface area contributed by atoms with Crippen LogP contribution in [0.2, 0.25) is 0 Å². The number of carbonyl (C=O) groups is 1. The first kappa shape index (κ1) is 17.5.